The SMILES string of the molecule is C[C@H](Oc1ccc(Cl)cc1Cl)C(=O)OCc1cccc(C#N)c1. The number of carbonyl (C=O) groups excluding carboxylic acids is 1. The van der Waals surface area contributed by atoms with Crippen molar-refractivity contribution in [2.24, 2.45) is 0 Å². The molecule has 0 amide bonds. The number of carbonyl (C=O) groups is 1. The second-order valence-corrected chi connectivity index (χ2v) is 5.60. The van der Waals surface area contributed by atoms with E-state index in [4.69, 9.17) is 37.9 Å². The summed E-state index contributed by atoms with van der Waals surface area (Å²) in [4.78, 5) is 12.0. The van der Waals surface area contributed by atoms with Crippen molar-refractivity contribution < 1.29 is 14.3 Å². The summed E-state index contributed by atoms with van der Waals surface area (Å²) in [5, 5.41) is 9.64. The van der Waals surface area contributed by atoms with Crippen LogP contribution in [0.5, 0.6) is 5.75 Å². The van der Waals surface area contributed by atoms with Gasteiger partial charge in [0.25, 0.3) is 0 Å². The van der Waals surface area contributed by atoms with E-state index >= 15 is 0 Å². The van der Waals surface area contributed by atoms with Crippen molar-refractivity contribution >= 4 is 29.2 Å². The summed E-state index contributed by atoms with van der Waals surface area (Å²) in [6.07, 6.45) is -0.826. The average Bonchev–Trinajstić information content (AvgIpc) is 2.55. The Kier molecular flexibility index (Phi) is 5.86. The second-order valence-electron chi connectivity index (χ2n) is 4.75. The Morgan fingerprint density at radius 1 is 1.26 bits per heavy atom. The predicted molar refractivity (Wildman–Crippen MR) is 87.5 cm³/mol. The largest absolute Gasteiger partial charge is 0.477 e. The molecule has 23 heavy (non-hydrogen) atoms. The van der Waals surface area contributed by atoms with Gasteiger partial charge in [-0.2, -0.15) is 5.26 Å². The molecule has 0 spiro atoms. The van der Waals surface area contributed by atoms with Gasteiger partial charge in [0.05, 0.1) is 16.7 Å². The van der Waals surface area contributed by atoms with Crippen LogP contribution >= 0.6 is 23.2 Å². The van der Waals surface area contributed by atoms with Crippen LogP contribution in [-0.2, 0) is 16.1 Å². The van der Waals surface area contributed by atoms with E-state index in [2.05, 4.69) is 0 Å². The summed E-state index contributed by atoms with van der Waals surface area (Å²) in [7, 11) is 0. The van der Waals surface area contributed by atoms with E-state index in [1.807, 2.05) is 6.07 Å². The Balaban J connectivity index is 1.93. The minimum absolute atomic E-state index is 0.0659. The number of halogens is 2. The van der Waals surface area contributed by atoms with Crippen molar-refractivity contribution in [3.63, 3.8) is 0 Å². The molecule has 0 saturated heterocycles. The van der Waals surface area contributed by atoms with Crippen molar-refractivity contribution in [1.82, 2.24) is 0 Å². The van der Waals surface area contributed by atoms with Crippen molar-refractivity contribution in [3.8, 4) is 11.8 Å². The van der Waals surface area contributed by atoms with Crippen molar-refractivity contribution in [3.05, 3.63) is 63.6 Å². The zero-order chi connectivity index (χ0) is 16.8. The van der Waals surface area contributed by atoms with Gasteiger partial charge >= 0.3 is 5.97 Å². The lowest BCUT2D eigenvalue weighted by atomic mass is 10.1. The highest BCUT2D eigenvalue weighted by Crippen LogP contribution is 2.28. The third-order valence-corrected chi connectivity index (χ3v) is 3.50. The lowest BCUT2D eigenvalue weighted by molar-refractivity contribution is -0.152. The highest BCUT2D eigenvalue weighted by molar-refractivity contribution is 6.35. The first-order chi connectivity index (χ1) is 11.0. The molecule has 0 N–H and O–H groups in total. The Bertz CT molecular complexity index is 756. The van der Waals surface area contributed by atoms with Gasteiger partial charge < -0.3 is 9.47 Å². The number of ether oxygens (including phenoxy) is 2. The van der Waals surface area contributed by atoms with Crippen molar-refractivity contribution in [2.75, 3.05) is 0 Å². The van der Waals surface area contributed by atoms with Gasteiger partial charge in [-0.1, -0.05) is 35.3 Å². The zero-order valence-electron chi connectivity index (χ0n) is 12.3. The van der Waals surface area contributed by atoms with Crippen LogP contribution in [0.1, 0.15) is 18.1 Å². The van der Waals surface area contributed by atoms with E-state index in [1.54, 1.807) is 43.3 Å². The monoisotopic (exact) mass is 349 g/mol. The van der Waals surface area contributed by atoms with Crippen LogP contribution in [0.15, 0.2) is 42.5 Å². The first-order valence-corrected chi connectivity index (χ1v) is 7.52. The number of nitrogens with zero attached hydrogens (tertiary/aromatic N) is 1. The van der Waals surface area contributed by atoms with Crippen LogP contribution in [0.2, 0.25) is 10.0 Å². The Morgan fingerprint density at radius 3 is 2.74 bits per heavy atom. The smallest absolute Gasteiger partial charge is 0.347 e. The third-order valence-electron chi connectivity index (χ3n) is 2.97. The highest BCUT2D eigenvalue weighted by atomic mass is 35.5. The molecule has 0 heterocycles. The maximum atomic E-state index is 12.0. The molecule has 0 radical (unpaired) electrons. The van der Waals surface area contributed by atoms with Gasteiger partial charge in [-0.05, 0) is 42.8 Å². The molecule has 6 heteroatoms. The first kappa shape index (κ1) is 17.1. The van der Waals surface area contributed by atoms with Gasteiger partial charge in [-0.15, -0.1) is 0 Å². The molecule has 0 bridgehead atoms. The highest BCUT2D eigenvalue weighted by Gasteiger charge is 2.18. The lowest BCUT2D eigenvalue weighted by Crippen LogP contribution is -2.26. The van der Waals surface area contributed by atoms with Gasteiger partial charge in [0.1, 0.15) is 12.4 Å². The van der Waals surface area contributed by atoms with Crippen LogP contribution in [0.3, 0.4) is 0 Å². The standard InChI is InChI=1S/C17H13Cl2NO3/c1-11(23-16-6-5-14(18)8-15(16)19)17(21)22-10-13-4-2-3-12(7-13)9-20/h2-8,11H,10H2,1H3/t11-/m0/s1. The van der Waals surface area contributed by atoms with E-state index in [9.17, 15) is 4.79 Å². The minimum Gasteiger partial charge on any atom is -0.477 e. The first-order valence-electron chi connectivity index (χ1n) is 6.77. The molecule has 0 saturated carbocycles. The maximum Gasteiger partial charge on any atom is 0.347 e. The van der Waals surface area contributed by atoms with Crippen LogP contribution < -0.4 is 4.74 Å². The predicted octanol–water partition coefficient (Wildman–Crippen LogP) is 4.38. The van der Waals surface area contributed by atoms with E-state index in [-0.39, 0.29) is 6.61 Å². The molecule has 2 rings (SSSR count). The summed E-state index contributed by atoms with van der Waals surface area (Å²) >= 11 is 11.8. The molecule has 2 aromatic carbocycles. The number of esters is 1. The van der Waals surface area contributed by atoms with Gasteiger partial charge in [0, 0.05) is 5.02 Å². The summed E-state index contributed by atoms with van der Waals surface area (Å²) in [5.74, 6) is -0.176. The summed E-state index contributed by atoms with van der Waals surface area (Å²) in [6.45, 7) is 1.63. The Morgan fingerprint density at radius 2 is 2.04 bits per heavy atom. The number of nitriles is 1. The summed E-state index contributed by atoms with van der Waals surface area (Å²) in [5.41, 5.74) is 1.24. The molecule has 2 aromatic rings. The van der Waals surface area contributed by atoms with Gasteiger partial charge in [0.2, 0.25) is 0 Å². The van der Waals surface area contributed by atoms with E-state index in [0.717, 1.165) is 5.56 Å². The number of benzene rings is 2. The zero-order valence-corrected chi connectivity index (χ0v) is 13.8. The molecule has 0 aliphatic heterocycles. The fraction of sp³-hybridized carbons (Fsp3) is 0.176. The molecule has 0 aliphatic rings. The summed E-state index contributed by atoms with van der Waals surface area (Å²) in [6, 6.07) is 13.6. The van der Waals surface area contributed by atoms with Crippen LogP contribution in [-0.4, -0.2) is 12.1 Å². The second kappa shape index (κ2) is 7.87. The molecule has 4 nitrogen and oxygen atoms in total. The summed E-state index contributed by atoms with van der Waals surface area (Å²) < 4.78 is 10.7. The van der Waals surface area contributed by atoms with Crippen molar-refractivity contribution in [2.45, 2.75) is 19.6 Å². The minimum atomic E-state index is -0.826. The van der Waals surface area contributed by atoms with E-state index in [1.165, 1.54) is 6.07 Å². The lowest BCUT2D eigenvalue weighted by Gasteiger charge is -2.15. The number of rotatable bonds is 5. The third kappa shape index (κ3) is 4.88. The van der Waals surface area contributed by atoms with Crippen LogP contribution in [0.4, 0.5) is 0 Å². The maximum absolute atomic E-state index is 12.0. The van der Waals surface area contributed by atoms with E-state index in [0.29, 0.717) is 21.4 Å². The molecule has 0 fully saturated rings. The van der Waals surface area contributed by atoms with Gasteiger partial charge in [-0.25, -0.2) is 4.79 Å². The number of hydrogen-bond acceptors (Lipinski definition) is 4. The fourth-order valence-electron chi connectivity index (χ4n) is 1.81. The quantitative estimate of drug-likeness (QED) is 0.751. The fourth-order valence-corrected chi connectivity index (χ4v) is 2.26. The molecule has 0 aliphatic carbocycles. The van der Waals surface area contributed by atoms with Gasteiger partial charge in [-0.3, -0.25) is 0 Å². The van der Waals surface area contributed by atoms with Crippen LogP contribution in [0.25, 0.3) is 0 Å². The van der Waals surface area contributed by atoms with Gasteiger partial charge in [0.15, 0.2) is 6.10 Å². The number of hydrogen-bond donors (Lipinski definition) is 0. The normalized spacial score (nSPS) is 11.4. The average molecular weight is 350 g/mol. The molecular weight excluding hydrogens is 337 g/mol. The molecule has 118 valence electrons. The molecule has 1 atom stereocenters. The molecule has 0 unspecified atom stereocenters. The van der Waals surface area contributed by atoms with Crippen molar-refractivity contribution in [1.29, 1.82) is 5.26 Å². The van der Waals surface area contributed by atoms with Crippen LogP contribution in [0, 0.1) is 11.3 Å². The topological polar surface area (TPSA) is 59.3 Å². The molecule has 0 aromatic heterocycles. The Labute approximate surface area is 144 Å². The molecular formula is C17H13Cl2NO3. The Hall–Kier alpha value is -2.22. The van der Waals surface area contributed by atoms with E-state index < -0.39 is 12.1 Å².